The van der Waals surface area contributed by atoms with Crippen molar-refractivity contribution >= 4 is 17.8 Å². The summed E-state index contributed by atoms with van der Waals surface area (Å²) in [6, 6.07) is -0.814. The number of piperidine rings is 1. The first-order chi connectivity index (χ1) is 15.5. The molecule has 1 unspecified atom stereocenters. The Balaban J connectivity index is 3.12. The van der Waals surface area contributed by atoms with Crippen molar-refractivity contribution in [2.24, 2.45) is 11.8 Å². The molecule has 1 aliphatic heterocycles. The van der Waals surface area contributed by atoms with Gasteiger partial charge in [0.1, 0.15) is 6.04 Å². The highest BCUT2D eigenvalue weighted by atomic mass is 16.5. The third-order valence-corrected chi connectivity index (χ3v) is 6.78. The van der Waals surface area contributed by atoms with Gasteiger partial charge in [-0.1, -0.05) is 46.6 Å². The van der Waals surface area contributed by atoms with Crippen LogP contribution in [0.2, 0.25) is 0 Å². The molecule has 0 spiro atoms. The topological polar surface area (TPSA) is 79.0 Å². The number of rotatable bonds is 11. The van der Waals surface area contributed by atoms with Gasteiger partial charge in [-0.25, -0.2) is 4.79 Å². The number of ether oxygens (including phenoxy) is 1. The summed E-state index contributed by atoms with van der Waals surface area (Å²) in [4.78, 5) is 43.0. The molecule has 0 aromatic carbocycles. The maximum Gasteiger partial charge on any atom is 0.333 e. The molecule has 0 aromatic rings. The Labute approximate surface area is 201 Å². The minimum Gasteiger partial charge on any atom is -0.463 e. The van der Waals surface area contributed by atoms with Crippen LogP contribution >= 0.6 is 0 Å². The predicted octanol–water partition coefficient (Wildman–Crippen LogP) is 3.77. The van der Waals surface area contributed by atoms with Gasteiger partial charge < -0.3 is 15.0 Å². The van der Waals surface area contributed by atoms with E-state index in [1.54, 1.807) is 31.9 Å². The number of carbonyl (C=O) groups is 3. The van der Waals surface area contributed by atoms with E-state index in [0.29, 0.717) is 12.2 Å². The third kappa shape index (κ3) is 8.13. The van der Waals surface area contributed by atoms with E-state index in [1.807, 2.05) is 27.7 Å². The second kappa shape index (κ2) is 13.7. The van der Waals surface area contributed by atoms with Crippen molar-refractivity contribution in [2.45, 2.75) is 105 Å². The van der Waals surface area contributed by atoms with E-state index in [4.69, 9.17) is 4.74 Å². The summed E-state index contributed by atoms with van der Waals surface area (Å²) in [6.07, 6.45) is 5.51. The molecule has 0 bridgehead atoms. The highest BCUT2D eigenvalue weighted by Gasteiger charge is 2.36. The molecule has 0 aromatic heterocycles. The van der Waals surface area contributed by atoms with Crippen LogP contribution in [0.25, 0.3) is 0 Å². The lowest BCUT2D eigenvalue weighted by atomic mass is 9.93. The Morgan fingerprint density at radius 3 is 2.27 bits per heavy atom. The first kappa shape index (κ1) is 29.1. The van der Waals surface area contributed by atoms with Crippen molar-refractivity contribution in [3.8, 4) is 0 Å². The average Bonchev–Trinajstić information content (AvgIpc) is 2.78. The molecule has 1 aliphatic rings. The fourth-order valence-corrected chi connectivity index (χ4v) is 4.47. The van der Waals surface area contributed by atoms with Crippen LogP contribution in [0.3, 0.4) is 0 Å². The molecule has 0 radical (unpaired) electrons. The van der Waals surface area contributed by atoms with E-state index in [9.17, 15) is 14.4 Å². The van der Waals surface area contributed by atoms with Gasteiger partial charge in [0.05, 0.1) is 18.7 Å². The van der Waals surface area contributed by atoms with Crippen molar-refractivity contribution in [1.29, 1.82) is 0 Å². The molecule has 7 nitrogen and oxygen atoms in total. The number of likely N-dealkylation sites (tertiary alicyclic amines) is 1. The highest BCUT2D eigenvalue weighted by molar-refractivity contribution is 5.91. The van der Waals surface area contributed by atoms with Gasteiger partial charge in [-0.05, 0) is 58.9 Å². The molecule has 1 saturated heterocycles. The number of carbonyl (C=O) groups excluding carboxylic acids is 3. The third-order valence-electron chi connectivity index (χ3n) is 6.78. The summed E-state index contributed by atoms with van der Waals surface area (Å²) in [5.41, 5.74) is 0.481. The quantitative estimate of drug-likeness (QED) is 0.371. The second-order valence-corrected chi connectivity index (χ2v) is 9.97. The van der Waals surface area contributed by atoms with Crippen LogP contribution in [0.15, 0.2) is 11.6 Å². The van der Waals surface area contributed by atoms with E-state index < -0.39 is 6.04 Å². The molecule has 0 aliphatic carbocycles. The number of amides is 2. The van der Waals surface area contributed by atoms with Gasteiger partial charge in [0.25, 0.3) is 0 Å². The molecule has 1 heterocycles. The molecule has 4 atom stereocenters. The van der Waals surface area contributed by atoms with E-state index in [1.165, 1.54) is 0 Å². The zero-order valence-electron chi connectivity index (χ0n) is 22.3. The number of nitrogens with zero attached hydrogens (tertiary/aromatic N) is 2. The van der Waals surface area contributed by atoms with Crippen LogP contribution in [0.1, 0.15) is 81.1 Å². The minimum atomic E-state index is -0.610. The monoisotopic (exact) mass is 465 g/mol. The lowest BCUT2D eigenvalue weighted by Crippen LogP contribution is -2.59. The van der Waals surface area contributed by atoms with Crippen molar-refractivity contribution in [3.05, 3.63) is 11.6 Å². The van der Waals surface area contributed by atoms with Gasteiger partial charge in [-0.2, -0.15) is 0 Å². The summed E-state index contributed by atoms with van der Waals surface area (Å²) in [5, 5.41) is 3.11. The Hall–Kier alpha value is -1.89. The maximum absolute atomic E-state index is 13.7. The fourth-order valence-electron chi connectivity index (χ4n) is 4.47. The Morgan fingerprint density at radius 1 is 1.12 bits per heavy atom. The predicted molar refractivity (Wildman–Crippen MR) is 133 cm³/mol. The maximum atomic E-state index is 13.7. The first-order valence-corrected chi connectivity index (χ1v) is 12.6. The van der Waals surface area contributed by atoms with Gasteiger partial charge in [-0.3, -0.25) is 14.5 Å². The minimum absolute atomic E-state index is 0.0112. The van der Waals surface area contributed by atoms with Gasteiger partial charge >= 0.3 is 5.97 Å². The smallest absolute Gasteiger partial charge is 0.333 e. The molecule has 1 rings (SSSR count). The van der Waals surface area contributed by atoms with E-state index >= 15 is 0 Å². The van der Waals surface area contributed by atoms with E-state index in [2.05, 4.69) is 24.1 Å². The van der Waals surface area contributed by atoms with Gasteiger partial charge in [0.2, 0.25) is 11.8 Å². The fraction of sp³-hybridized carbons (Fsp3) is 0.808. The number of hydrogen-bond acceptors (Lipinski definition) is 5. The van der Waals surface area contributed by atoms with Gasteiger partial charge in [-0.15, -0.1) is 0 Å². The van der Waals surface area contributed by atoms with Crippen molar-refractivity contribution in [3.63, 3.8) is 0 Å². The van der Waals surface area contributed by atoms with Crippen LogP contribution < -0.4 is 5.32 Å². The summed E-state index contributed by atoms with van der Waals surface area (Å²) in [6.45, 7) is 17.0. The number of likely N-dealkylation sites (N-methyl/N-ethyl adjacent to an activating group) is 1. The Bertz CT molecular complexity index is 689. The number of nitrogens with one attached hydrogen (secondary N) is 1. The largest absolute Gasteiger partial charge is 0.463 e. The number of esters is 1. The van der Waals surface area contributed by atoms with Crippen molar-refractivity contribution < 1.29 is 19.1 Å². The molecule has 7 heteroatoms. The van der Waals surface area contributed by atoms with Gasteiger partial charge in [0, 0.05) is 18.7 Å². The molecule has 1 N–H and O–H groups in total. The van der Waals surface area contributed by atoms with Crippen LogP contribution in [0.4, 0.5) is 0 Å². The lowest BCUT2D eigenvalue weighted by Gasteiger charge is -2.39. The summed E-state index contributed by atoms with van der Waals surface area (Å²) >= 11 is 0. The normalized spacial score (nSPS) is 20.3. The molecule has 2 amide bonds. The molecule has 33 heavy (non-hydrogen) atoms. The van der Waals surface area contributed by atoms with E-state index in [-0.39, 0.29) is 47.7 Å². The molecular formula is C26H47N3O4. The molecular weight excluding hydrogens is 418 g/mol. The SMILES string of the molecule is CCOC(=O)/C(C)=C/C(C(C)C)N(C)C(=O)[C@@H](NC(=O)[C@H]1CCCCN1C(C)C)[C@@H](C)CC. The van der Waals surface area contributed by atoms with Crippen LogP contribution in [-0.2, 0) is 19.1 Å². The van der Waals surface area contributed by atoms with E-state index in [0.717, 1.165) is 32.2 Å². The summed E-state index contributed by atoms with van der Waals surface area (Å²) in [7, 11) is 1.75. The highest BCUT2D eigenvalue weighted by Crippen LogP contribution is 2.22. The molecule has 190 valence electrons. The molecule has 0 saturated carbocycles. The van der Waals surface area contributed by atoms with Crippen LogP contribution in [0, 0.1) is 11.8 Å². The van der Waals surface area contributed by atoms with Crippen molar-refractivity contribution in [1.82, 2.24) is 15.1 Å². The molecule has 1 fully saturated rings. The zero-order valence-corrected chi connectivity index (χ0v) is 22.3. The van der Waals surface area contributed by atoms with Gasteiger partial charge in [0.15, 0.2) is 0 Å². The summed E-state index contributed by atoms with van der Waals surface area (Å²) in [5.74, 6) is -0.484. The Kier molecular flexibility index (Phi) is 12.1. The van der Waals surface area contributed by atoms with Crippen LogP contribution in [-0.4, -0.2) is 72.0 Å². The standard InChI is InChI=1S/C26H47N3O4/c1-10-19(7)23(27-24(30)21-14-12-13-15-29(21)18(5)6)25(31)28(9)22(17(3)4)16-20(8)26(32)33-11-2/h16-19,21-23H,10-15H2,1-9H3,(H,27,30)/b20-16+/t19-,21+,22?,23-/m0/s1. The first-order valence-electron chi connectivity index (χ1n) is 12.6. The number of hydrogen-bond donors (Lipinski definition) is 1. The van der Waals surface area contributed by atoms with Crippen LogP contribution in [0.5, 0.6) is 0 Å². The van der Waals surface area contributed by atoms with Crippen molar-refractivity contribution in [2.75, 3.05) is 20.2 Å². The Morgan fingerprint density at radius 2 is 1.76 bits per heavy atom. The lowest BCUT2D eigenvalue weighted by molar-refractivity contribution is -0.140. The average molecular weight is 466 g/mol. The summed E-state index contributed by atoms with van der Waals surface area (Å²) < 4.78 is 5.10. The zero-order chi connectivity index (χ0) is 25.3. The second-order valence-electron chi connectivity index (χ2n) is 9.97.